The number of nitrogens with one attached hydrogen (secondary N) is 2. The van der Waals surface area contributed by atoms with Crippen molar-refractivity contribution in [2.24, 2.45) is 4.99 Å². The Balaban J connectivity index is 1.85. The summed E-state index contributed by atoms with van der Waals surface area (Å²) in [6, 6.07) is 1.13. The van der Waals surface area contributed by atoms with Crippen LogP contribution in [0.4, 0.5) is 0 Å². The lowest BCUT2D eigenvalue weighted by molar-refractivity contribution is 0.664. The average molecular weight is 179 g/mol. The van der Waals surface area contributed by atoms with Crippen LogP contribution in [0.1, 0.15) is 26.7 Å². The van der Waals surface area contributed by atoms with Gasteiger partial charge in [0.25, 0.3) is 0 Å². The number of rotatable bonds is 2. The van der Waals surface area contributed by atoms with Gasteiger partial charge in [-0.2, -0.15) is 0 Å². The molecule has 0 aliphatic carbocycles. The third kappa shape index (κ3) is 2.02. The Bertz CT molecular complexity index is 229. The van der Waals surface area contributed by atoms with Crippen molar-refractivity contribution in [1.29, 1.82) is 0 Å². The van der Waals surface area contributed by atoms with Gasteiger partial charge in [0, 0.05) is 24.2 Å². The summed E-state index contributed by atoms with van der Waals surface area (Å²) in [5.74, 6) is 1.14. The highest BCUT2D eigenvalue weighted by Gasteiger charge is 2.16. The van der Waals surface area contributed by atoms with E-state index in [1.165, 1.54) is 5.70 Å². The Morgan fingerprint density at radius 2 is 2.23 bits per heavy atom. The molecule has 2 aliphatic rings. The maximum Gasteiger partial charge on any atom is 0.103 e. The van der Waals surface area contributed by atoms with Gasteiger partial charge in [-0.1, -0.05) is 6.08 Å². The number of nitrogens with zero attached hydrogens (tertiary/aromatic N) is 1. The molecule has 0 aromatic heterocycles. The lowest BCUT2D eigenvalue weighted by Gasteiger charge is -2.09. The fourth-order valence-corrected chi connectivity index (χ4v) is 1.79. The number of hydrogen-bond donors (Lipinski definition) is 2. The normalized spacial score (nSPS) is 32.2. The molecule has 0 bridgehead atoms. The van der Waals surface area contributed by atoms with E-state index in [9.17, 15) is 0 Å². The van der Waals surface area contributed by atoms with Crippen LogP contribution in [0, 0.1) is 0 Å². The average Bonchev–Trinajstić information content (AvgIpc) is 2.62. The van der Waals surface area contributed by atoms with Crippen LogP contribution in [0.5, 0.6) is 0 Å². The zero-order chi connectivity index (χ0) is 9.26. The molecule has 0 saturated carbocycles. The van der Waals surface area contributed by atoms with Gasteiger partial charge < -0.3 is 10.6 Å². The summed E-state index contributed by atoms with van der Waals surface area (Å²) in [7, 11) is 0. The molecule has 0 radical (unpaired) electrons. The Labute approximate surface area is 79.3 Å². The lowest BCUT2D eigenvalue weighted by Crippen LogP contribution is -2.29. The Morgan fingerprint density at radius 3 is 2.77 bits per heavy atom. The third-order valence-electron chi connectivity index (χ3n) is 2.48. The summed E-state index contributed by atoms with van der Waals surface area (Å²) in [5.41, 5.74) is 1.33. The Morgan fingerprint density at radius 1 is 1.38 bits per heavy atom. The molecular formula is C10H17N3. The van der Waals surface area contributed by atoms with Crippen molar-refractivity contribution in [2.45, 2.75) is 38.8 Å². The van der Waals surface area contributed by atoms with Crippen LogP contribution in [0.2, 0.25) is 0 Å². The minimum atomic E-state index is 0.523. The summed E-state index contributed by atoms with van der Waals surface area (Å²) in [4.78, 5) is 4.43. The maximum absolute atomic E-state index is 4.43. The molecule has 0 fully saturated rings. The van der Waals surface area contributed by atoms with Gasteiger partial charge in [0.2, 0.25) is 0 Å². The van der Waals surface area contributed by atoms with E-state index in [0.717, 1.165) is 25.2 Å². The number of hydrogen-bond acceptors (Lipinski definition) is 3. The minimum Gasteiger partial charge on any atom is -0.385 e. The highest BCUT2D eigenvalue weighted by atomic mass is 15.1. The van der Waals surface area contributed by atoms with E-state index in [1.807, 2.05) is 0 Å². The molecule has 2 heterocycles. The largest absolute Gasteiger partial charge is 0.385 e. The molecule has 3 heteroatoms. The van der Waals surface area contributed by atoms with E-state index < -0.39 is 0 Å². The molecule has 3 nitrogen and oxygen atoms in total. The van der Waals surface area contributed by atoms with E-state index in [1.54, 1.807) is 0 Å². The first-order chi connectivity index (χ1) is 6.24. The maximum atomic E-state index is 4.43. The number of aliphatic imine (C=N–C) groups is 1. The van der Waals surface area contributed by atoms with Crippen molar-refractivity contribution < 1.29 is 0 Å². The molecule has 2 atom stereocenters. The quantitative estimate of drug-likeness (QED) is 0.664. The van der Waals surface area contributed by atoms with Crippen molar-refractivity contribution in [3.8, 4) is 0 Å². The molecule has 2 rings (SSSR count). The van der Waals surface area contributed by atoms with Crippen LogP contribution in [0.15, 0.2) is 16.8 Å². The molecule has 13 heavy (non-hydrogen) atoms. The molecule has 0 aromatic carbocycles. The topological polar surface area (TPSA) is 36.4 Å². The Hall–Kier alpha value is -0.990. The van der Waals surface area contributed by atoms with Gasteiger partial charge in [0.05, 0.1) is 6.54 Å². The zero-order valence-electron chi connectivity index (χ0n) is 8.30. The van der Waals surface area contributed by atoms with Crippen LogP contribution in [-0.4, -0.2) is 24.5 Å². The molecule has 72 valence electrons. The smallest absolute Gasteiger partial charge is 0.103 e. The first-order valence-electron chi connectivity index (χ1n) is 4.99. The van der Waals surface area contributed by atoms with Crippen LogP contribution in [-0.2, 0) is 0 Å². The van der Waals surface area contributed by atoms with Crippen molar-refractivity contribution in [1.82, 2.24) is 10.6 Å². The summed E-state index contributed by atoms with van der Waals surface area (Å²) in [5, 5.41) is 6.80. The predicted molar refractivity (Wildman–Crippen MR) is 54.8 cm³/mol. The lowest BCUT2D eigenvalue weighted by atomic mass is 10.2. The highest BCUT2D eigenvalue weighted by Crippen LogP contribution is 2.13. The minimum absolute atomic E-state index is 0.523. The summed E-state index contributed by atoms with van der Waals surface area (Å²) in [6.45, 7) is 5.30. The second-order valence-corrected chi connectivity index (χ2v) is 4.02. The standard InChI is InChI=1S/C10H17N3/c1-7-3-4-9(12-7)5-10-11-6-8(2)13-10/h4,7-8,12H,3,5-6H2,1-2H3,(H,11,13). The van der Waals surface area contributed by atoms with Crippen LogP contribution in [0.25, 0.3) is 0 Å². The molecule has 2 aliphatic heterocycles. The van der Waals surface area contributed by atoms with Crippen molar-refractivity contribution in [3.63, 3.8) is 0 Å². The van der Waals surface area contributed by atoms with Gasteiger partial charge in [-0.15, -0.1) is 0 Å². The molecule has 2 unspecified atom stereocenters. The summed E-state index contributed by atoms with van der Waals surface area (Å²) in [6.07, 6.45) is 4.38. The molecule has 0 saturated heterocycles. The fourth-order valence-electron chi connectivity index (χ4n) is 1.79. The van der Waals surface area contributed by atoms with Crippen LogP contribution in [0.3, 0.4) is 0 Å². The molecule has 0 aromatic rings. The van der Waals surface area contributed by atoms with E-state index in [4.69, 9.17) is 0 Å². The van der Waals surface area contributed by atoms with E-state index in [0.29, 0.717) is 12.1 Å². The second-order valence-electron chi connectivity index (χ2n) is 4.02. The highest BCUT2D eigenvalue weighted by molar-refractivity contribution is 5.86. The second kappa shape index (κ2) is 3.40. The van der Waals surface area contributed by atoms with Crippen molar-refractivity contribution in [2.75, 3.05) is 6.54 Å². The van der Waals surface area contributed by atoms with Gasteiger partial charge >= 0.3 is 0 Å². The summed E-state index contributed by atoms with van der Waals surface area (Å²) >= 11 is 0. The summed E-state index contributed by atoms with van der Waals surface area (Å²) < 4.78 is 0. The Kier molecular flexibility index (Phi) is 2.25. The SMILES string of the molecule is CC1CC=C(CC2=NCC(C)N2)N1. The van der Waals surface area contributed by atoms with Gasteiger partial charge in [-0.05, 0) is 20.3 Å². The predicted octanol–water partition coefficient (Wildman–Crippen LogP) is 1.03. The molecular weight excluding hydrogens is 162 g/mol. The first-order valence-corrected chi connectivity index (χ1v) is 4.99. The van der Waals surface area contributed by atoms with E-state index in [-0.39, 0.29) is 0 Å². The third-order valence-corrected chi connectivity index (χ3v) is 2.48. The number of amidine groups is 1. The van der Waals surface area contributed by atoms with E-state index in [2.05, 4.69) is 35.5 Å². The molecule has 2 N–H and O–H groups in total. The van der Waals surface area contributed by atoms with Gasteiger partial charge in [-0.25, -0.2) is 0 Å². The zero-order valence-corrected chi connectivity index (χ0v) is 8.30. The van der Waals surface area contributed by atoms with Gasteiger partial charge in [0.1, 0.15) is 5.84 Å². The van der Waals surface area contributed by atoms with Gasteiger partial charge in [0.15, 0.2) is 0 Å². The fraction of sp³-hybridized carbons (Fsp3) is 0.700. The monoisotopic (exact) mass is 179 g/mol. The molecule has 0 amide bonds. The van der Waals surface area contributed by atoms with Crippen LogP contribution >= 0.6 is 0 Å². The van der Waals surface area contributed by atoms with Crippen molar-refractivity contribution >= 4 is 5.84 Å². The van der Waals surface area contributed by atoms with E-state index >= 15 is 0 Å². The van der Waals surface area contributed by atoms with Crippen molar-refractivity contribution in [3.05, 3.63) is 11.8 Å². The molecule has 0 spiro atoms. The first kappa shape index (κ1) is 8.60. The van der Waals surface area contributed by atoms with Crippen LogP contribution < -0.4 is 10.6 Å². The van der Waals surface area contributed by atoms with Gasteiger partial charge in [-0.3, -0.25) is 4.99 Å².